The van der Waals surface area contributed by atoms with Gasteiger partial charge in [0, 0.05) is 6.42 Å². The molecule has 6 nitrogen and oxygen atoms in total. The number of carbonyl (C=O) groups is 1. The van der Waals surface area contributed by atoms with Crippen molar-refractivity contribution in [3.05, 3.63) is 0 Å². The zero-order valence-electron chi connectivity index (χ0n) is 21.2. The molecule has 0 aromatic carbocycles. The first kappa shape index (κ1) is 27.2. The second kappa shape index (κ2) is 9.50. The molecule has 0 spiro atoms. The molecular weight excluding hydrogens is 478 g/mol. The summed E-state index contributed by atoms with van der Waals surface area (Å²) in [5, 5.41) is 6.70. The van der Waals surface area contributed by atoms with Crippen molar-refractivity contribution >= 4 is 16.1 Å². The minimum Gasteiger partial charge on any atom is -0.743 e. The fraction of sp³-hybridized carbons (Fsp3) is 0.962. The average molecular weight is 520 g/mol. The molecule has 4 aliphatic carbocycles. The van der Waals surface area contributed by atoms with E-state index in [0.717, 1.165) is 32.1 Å². The number of aliphatic hydroxyl groups excluding tert-OH is 1. The van der Waals surface area contributed by atoms with Gasteiger partial charge in [0.1, 0.15) is 0 Å². The lowest BCUT2D eigenvalue weighted by Crippen LogP contribution is -2.57. The van der Waals surface area contributed by atoms with Crippen molar-refractivity contribution in [3.63, 3.8) is 0 Å². The number of hydrogen-bond donors (Lipinski definition) is 1. The third kappa shape index (κ3) is 4.78. The van der Waals surface area contributed by atoms with E-state index in [-0.39, 0.29) is 23.9 Å². The highest BCUT2D eigenvalue weighted by Crippen LogP contribution is 2.68. The maximum atomic E-state index is 13.3. The normalized spacial score (nSPS) is 42.5. The van der Waals surface area contributed by atoms with Crippen LogP contribution in [0.5, 0.6) is 0 Å². The second-order valence-corrected chi connectivity index (χ2v) is 14.0. The van der Waals surface area contributed by atoms with Crippen LogP contribution < -0.4 is 0 Å². The Morgan fingerprint density at radius 2 is 1.80 bits per heavy atom. The number of fused-ring (bicyclic) bond motifs is 5. The molecule has 202 valence electrons. The summed E-state index contributed by atoms with van der Waals surface area (Å²) >= 11 is 0. The zero-order chi connectivity index (χ0) is 25.8. The number of esters is 1. The van der Waals surface area contributed by atoms with Gasteiger partial charge < -0.3 is 14.4 Å². The largest absolute Gasteiger partial charge is 0.743 e. The lowest BCUT2D eigenvalue weighted by atomic mass is 9.44. The molecule has 4 saturated carbocycles. The molecular formula is C26H41F2O6S-. The Morgan fingerprint density at radius 3 is 2.49 bits per heavy atom. The van der Waals surface area contributed by atoms with Crippen molar-refractivity contribution in [2.75, 3.05) is 6.61 Å². The second-order valence-electron chi connectivity index (χ2n) is 12.5. The first-order chi connectivity index (χ1) is 16.2. The van der Waals surface area contributed by atoms with Crippen molar-refractivity contribution in [1.82, 2.24) is 0 Å². The monoisotopic (exact) mass is 519 g/mol. The van der Waals surface area contributed by atoms with Gasteiger partial charge in [0.15, 0.2) is 16.7 Å². The van der Waals surface area contributed by atoms with E-state index in [1.165, 1.54) is 25.7 Å². The van der Waals surface area contributed by atoms with Crippen LogP contribution in [0.2, 0.25) is 0 Å². The number of rotatable bonds is 7. The summed E-state index contributed by atoms with van der Waals surface area (Å²) in [6.07, 6.45) is 10.4. The average Bonchev–Trinajstić information content (AvgIpc) is 3.13. The topological polar surface area (TPSA) is 104 Å². The van der Waals surface area contributed by atoms with E-state index in [0.29, 0.717) is 41.4 Å². The van der Waals surface area contributed by atoms with Gasteiger partial charge in [-0.2, -0.15) is 8.78 Å². The fourth-order valence-corrected chi connectivity index (χ4v) is 9.29. The van der Waals surface area contributed by atoms with Gasteiger partial charge in [0.05, 0.1) is 6.10 Å². The molecule has 0 aromatic rings. The van der Waals surface area contributed by atoms with E-state index >= 15 is 0 Å². The van der Waals surface area contributed by atoms with E-state index in [4.69, 9.17) is 0 Å². The Morgan fingerprint density at radius 1 is 1.11 bits per heavy atom. The fourth-order valence-electron chi connectivity index (χ4n) is 9.09. The van der Waals surface area contributed by atoms with Crippen molar-refractivity contribution in [2.24, 2.45) is 46.3 Å². The Hall–Kier alpha value is -0.800. The molecule has 9 heteroatoms. The quantitative estimate of drug-likeness (QED) is 0.371. The number of carbonyl (C=O) groups excluding carboxylic acids is 1. The van der Waals surface area contributed by atoms with Crippen LogP contribution in [0.15, 0.2) is 0 Å². The number of hydrogen-bond acceptors (Lipinski definition) is 6. The molecule has 0 saturated heterocycles. The highest BCUT2D eigenvalue weighted by atomic mass is 32.2. The van der Waals surface area contributed by atoms with Gasteiger partial charge in [-0.3, -0.25) is 4.79 Å². The van der Waals surface area contributed by atoms with Gasteiger partial charge in [-0.15, -0.1) is 0 Å². The minimum atomic E-state index is -5.87. The van der Waals surface area contributed by atoms with E-state index in [9.17, 15) is 31.7 Å². The summed E-state index contributed by atoms with van der Waals surface area (Å²) in [7, 11) is -5.87. The summed E-state index contributed by atoms with van der Waals surface area (Å²) in [4.78, 5) is 12.0. The van der Waals surface area contributed by atoms with Gasteiger partial charge in [-0.05, 0) is 97.7 Å². The summed E-state index contributed by atoms with van der Waals surface area (Å²) in [6.45, 7) is 5.17. The van der Waals surface area contributed by atoms with Gasteiger partial charge in [0.2, 0.25) is 0 Å². The van der Waals surface area contributed by atoms with Crippen molar-refractivity contribution in [3.8, 4) is 0 Å². The molecule has 9 atom stereocenters. The van der Waals surface area contributed by atoms with Gasteiger partial charge in [-0.25, -0.2) is 8.42 Å². The smallest absolute Gasteiger partial charge is 0.367 e. The predicted molar refractivity (Wildman–Crippen MR) is 125 cm³/mol. The Balaban J connectivity index is 1.38. The molecule has 0 aromatic heterocycles. The van der Waals surface area contributed by atoms with Crippen LogP contribution in [0.1, 0.15) is 91.4 Å². The van der Waals surface area contributed by atoms with Crippen LogP contribution in [-0.2, 0) is 19.6 Å². The summed E-state index contributed by atoms with van der Waals surface area (Å²) in [6, 6.07) is 0. The third-order valence-electron chi connectivity index (χ3n) is 10.9. The maximum Gasteiger partial charge on any atom is 0.367 e. The Bertz CT molecular complexity index is 910. The third-order valence-corrected chi connectivity index (χ3v) is 11.8. The van der Waals surface area contributed by atoms with Gasteiger partial charge >= 0.3 is 11.2 Å². The minimum absolute atomic E-state index is 0.0764. The van der Waals surface area contributed by atoms with Crippen LogP contribution in [-0.4, -0.2) is 42.0 Å². The Kier molecular flexibility index (Phi) is 7.39. The number of ether oxygens (including phenoxy) is 1. The molecule has 0 amide bonds. The molecule has 0 heterocycles. The SMILES string of the molecule is C[C@H](CCC(=O)OCC(F)(F)S(=O)(=O)[O-])[C@H]1CC[C@H]2[C@@H]3[C@H](O)C[C@@H]4CCCC[C@]4(C)[C@H]3CC[C@]12C. The number of aliphatic hydroxyl groups is 1. The molecule has 0 unspecified atom stereocenters. The van der Waals surface area contributed by atoms with Crippen molar-refractivity contribution in [2.45, 2.75) is 103 Å². The van der Waals surface area contributed by atoms with Crippen LogP contribution in [0.25, 0.3) is 0 Å². The first-order valence-corrected chi connectivity index (χ1v) is 14.8. The maximum absolute atomic E-state index is 13.3. The predicted octanol–water partition coefficient (Wildman–Crippen LogP) is 5.10. The molecule has 4 aliphatic rings. The van der Waals surface area contributed by atoms with Crippen LogP contribution in [0.3, 0.4) is 0 Å². The molecule has 0 bridgehead atoms. The first-order valence-electron chi connectivity index (χ1n) is 13.4. The van der Waals surface area contributed by atoms with E-state index < -0.39 is 27.9 Å². The highest BCUT2D eigenvalue weighted by molar-refractivity contribution is 7.86. The standard InChI is InChI=1S/C26H42F2O6S/c1-16(7-10-22(30)34-15-26(27,28)35(31,32)33)18-8-9-19-23-20(11-13-25(18,19)3)24(2)12-5-4-6-17(24)14-21(23)29/h16-21,23,29H,4-15H2,1-3H3,(H,31,32,33)/p-1/t16-,17+,18-,19+,20+,21-,23+,24+,25-/m1/s1. The molecule has 4 rings (SSSR count). The summed E-state index contributed by atoms with van der Waals surface area (Å²) in [5.41, 5.74) is 0.406. The van der Waals surface area contributed by atoms with Crippen molar-refractivity contribution in [1.29, 1.82) is 0 Å². The lowest BCUT2D eigenvalue weighted by Gasteiger charge is -2.62. The molecule has 0 aliphatic heterocycles. The number of halogens is 2. The van der Waals surface area contributed by atoms with E-state index in [1.54, 1.807) is 0 Å². The van der Waals surface area contributed by atoms with Gasteiger partial charge in [0.25, 0.3) is 0 Å². The van der Waals surface area contributed by atoms with Gasteiger partial charge in [-0.1, -0.05) is 33.6 Å². The van der Waals surface area contributed by atoms with Crippen LogP contribution >= 0.6 is 0 Å². The van der Waals surface area contributed by atoms with Crippen LogP contribution in [0.4, 0.5) is 8.78 Å². The lowest BCUT2D eigenvalue weighted by molar-refractivity contribution is -0.164. The summed E-state index contributed by atoms with van der Waals surface area (Å²) < 4.78 is 62.7. The summed E-state index contributed by atoms with van der Waals surface area (Å²) in [5.74, 6) is 1.59. The van der Waals surface area contributed by atoms with Crippen LogP contribution in [0, 0.1) is 46.3 Å². The zero-order valence-corrected chi connectivity index (χ0v) is 22.0. The highest BCUT2D eigenvalue weighted by Gasteiger charge is 2.62. The molecule has 35 heavy (non-hydrogen) atoms. The van der Waals surface area contributed by atoms with E-state index in [1.807, 2.05) is 0 Å². The van der Waals surface area contributed by atoms with E-state index in [2.05, 4.69) is 25.5 Å². The molecule has 0 radical (unpaired) electrons. The Labute approximate surface area is 208 Å². The number of alkyl halides is 2. The molecule has 4 fully saturated rings. The molecule has 1 N–H and O–H groups in total. The van der Waals surface area contributed by atoms with Crippen molar-refractivity contribution < 1.29 is 36.4 Å².